The van der Waals surface area contributed by atoms with Gasteiger partial charge in [0, 0.05) is 13.1 Å². The minimum absolute atomic E-state index is 0.161. The van der Waals surface area contributed by atoms with E-state index < -0.39 is 36.5 Å². The Morgan fingerprint density at radius 1 is 1.47 bits per heavy atom. The number of rotatable bonds is 4. The van der Waals surface area contributed by atoms with Gasteiger partial charge in [-0.25, -0.2) is 9.59 Å². The first-order valence-electron chi connectivity index (χ1n) is 5.14. The van der Waals surface area contributed by atoms with Gasteiger partial charge < -0.3 is 26.2 Å². The molecule has 8 heteroatoms. The number of nitrogens with zero attached hydrogens (tertiary/aromatic N) is 1. The topological polar surface area (TPSA) is 133 Å². The van der Waals surface area contributed by atoms with Crippen molar-refractivity contribution < 1.29 is 24.6 Å². The van der Waals surface area contributed by atoms with E-state index in [9.17, 15) is 19.5 Å². The lowest BCUT2D eigenvalue weighted by Crippen LogP contribution is -2.48. The van der Waals surface area contributed by atoms with E-state index in [0.29, 0.717) is 13.0 Å². The Morgan fingerprint density at radius 3 is 2.53 bits per heavy atom. The number of hydrogen-bond donors (Lipinski definition) is 4. The van der Waals surface area contributed by atoms with Crippen molar-refractivity contribution in [2.75, 3.05) is 13.1 Å². The summed E-state index contributed by atoms with van der Waals surface area (Å²) in [4.78, 5) is 34.3. The standard InChI is InChI=1S/C9H15N3O5/c10-7(14)3-6(8(15)16)11-9(17)12-2-1-5(13)4-12/h5-6,13H,1-4H2,(H2,10,14)(H,11,17)(H,15,16). The fourth-order valence-electron chi connectivity index (χ4n) is 1.57. The molecule has 0 bridgehead atoms. The number of carbonyl (C=O) groups excluding carboxylic acids is 2. The number of hydrogen-bond acceptors (Lipinski definition) is 4. The van der Waals surface area contributed by atoms with Gasteiger partial charge in [0.05, 0.1) is 12.5 Å². The quantitative estimate of drug-likeness (QED) is 0.458. The van der Waals surface area contributed by atoms with Gasteiger partial charge in [0.25, 0.3) is 0 Å². The maximum atomic E-state index is 11.6. The third-order valence-corrected chi connectivity index (χ3v) is 2.45. The minimum atomic E-state index is -1.34. The number of likely N-dealkylation sites (tertiary alicyclic amines) is 1. The lowest BCUT2D eigenvalue weighted by atomic mass is 10.2. The van der Waals surface area contributed by atoms with Gasteiger partial charge in [-0.15, -0.1) is 0 Å². The van der Waals surface area contributed by atoms with E-state index in [1.165, 1.54) is 4.90 Å². The van der Waals surface area contributed by atoms with Crippen LogP contribution >= 0.6 is 0 Å². The number of aliphatic hydroxyl groups is 1. The van der Waals surface area contributed by atoms with Crippen LogP contribution in [-0.4, -0.2) is 58.3 Å². The van der Waals surface area contributed by atoms with Crippen LogP contribution in [0.3, 0.4) is 0 Å². The molecule has 1 saturated heterocycles. The van der Waals surface area contributed by atoms with Crippen LogP contribution in [0.4, 0.5) is 4.79 Å². The van der Waals surface area contributed by atoms with Gasteiger partial charge >= 0.3 is 12.0 Å². The number of nitrogens with two attached hydrogens (primary N) is 1. The van der Waals surface area contributed by atoms with E-state index >= 15 is 0 Å². The van der Waals surface area contributed by atoms with Crippen molar-refractivity contribution >= 4 is 17.9 Å². The van der Waals surface area contributed by atoms with Crippen molar-refractivity contribution in [2.24, 2.45) is 5.73 Å². The molecular weight excluding hydrogens is 230 g/mol. The molecule has 1 rings (SSSR count). The zero-order valence-electron chi connectivity index (χ0n) is 9.13. The third kappa shape index (κ3) is 3.91. The first-order valence-corrected chi connectivity index (χ1v) is 5.14. The molecule has 1 aliphatic heterocycles. The molecule has 2 unspecified atom stereocenters. The lowest BCUT2D eigenvalue weighted by molar-refractivity contribution is -0.140. The van der Waals surface area contributed by atoms with Crippen molar-refractivity contribution in [1.29, 1.82) is 0 Å². The second-order valence-electron chi connectivity index (χ2n) is 3.90. The molecule has 0 radical (unpaired) electrons. The maximum Gasteiger partial charge on any atom is 0.326 e. The summed E-state index contributed by atoms with van der Waals surface area (Å²) >= 11 is 0. The number of aliphatic carboxylic acids is 1. The molecule has 1 heterocycles. The summed E-state index contributed by atoms with van der Waals surface area (Å²) in [6.45, 7) is 0.519. The van der Waals surface area contributed by atoms with Crippen LogP contribution in [-0.2, 0) is 9.59 Å². The van der Waals surface area contributed by atoms with Crippen molar-refractivity contribution in [2.45, 2.75) is 25.0 Å². The highest BCUT2D eigenvalue weighted by Crippen LogP contribution is 2.09. The summed E-state index contributed by atoms with van der Waals surface area (Å²) in [5.41, 5.74) is 4.88. The van der Waals surface area contributed by atoms with Crippen LogP contribution < -0.4 is 11.1 Å². The van der Waals surface area contributed by atoms with E-state index in [0.717, 1.165) is 0 Å². The molecule has 8 nitrogen and oxygen atoms in total. The zero-order valence-corrected chi connectivity index (χ0v) is 9.13. The third-order valence-electron chi connectivity index (χ3n) is 2.45. The molecular formula is C9H15N3O5. The highest BCUT2D eigenvalue weighted by Gasteiger charge is 2.28. The Kier molecular flexibility index (Phi) is 4.27. The smallest absolute Gasteiger partial charge is 0.326 e. The van der Waals surface area contributed by atoms with Gasteiger partial charge in [0.1, 0.15) is 6.04 Å². The first kappa shape index (κ1) is 13.2. The van der Waals surface area contributed by atoms with E-state index in [-0.39, 0.29) is 6.54 Å². The van der Waals surface area contributed by atoms with Gasteiger partial charge in [0.2, 0.25) is 5.91 Å². The SMILES string of the molecule is NC(=O)CC(NC(=O)N1CCC(O)C1)C(=O)O. The number of carboxylic acids is 1. The maximum absolute atomic E-state index is 11.6. The van der Waals surface area contributed by atoms with Crippen LogP contribution in [0.25, 0.3) is 0 Å². The number of urea groups is 1. The lowest BCUT2D eigenvalue weighted by Gasteiger charge is -2.19. The molecule has 0 aromatic rings. The molecule has 1 aliphatic rings. The molecule has 0 spiro atoms. The fraction of sp³-hybridized carbons (Fsp3) is 0.667. The summed E-state index contributed by atoms with van der Waals surface area (Å²) in [7, 11) is 0. The summed E-state index contributed by atoms with van der Waals surface area (Å²) in [6, 6.07) is -1.95. The number of carbonyl (C=O) groups is 3. The normalized spacial score (nSPS) is 21.0. The van der Waals surface area contributed by atoms with E-state index in [1.54, 1.807) is 0 Å². The number of carboxylic acid groups (broad SMARTS) is 1. The van der Waals surface area contributed by atoms with Gasteiger partial charge in [-0.2, -0.15) is 0 Å². The molecule has 1 fully saturated rings. The van der Waals surface area contributed by atoms with Crippen LogP contribution in [0.15, 0.2) is 0 Å². The van der Waals surface area contributed by atoms with Crippen molar-refractivity contribution in [3.05, 3.63) is 0 Å². The van der Waals surface area contributed by atoms with E-state index in [1.807, 2.05) is 0 Å². The number of primary amides is 1. The molecule has 3 amide bonds. The van der Waals surface area contributed by atoms with Gasteiger partial charge in [-0.3, -0.25) is 4.79 Å². The van der Waals surface area contributed by atoms with Crippen LogP contribution in [0.2, 0.25) is 0 Å². The Labute approximate surface area is 97.4 Å². The molecule has 0 aliphatic carbocycles. The Bertz CT molecular complexity index is 333. The molecule has 0 aromatic heterocycles. The molecule has 5 N–H and O–H groups in total. The molecule has 2 atom stereocenters. The van der Waals surface area contributed by atoms with Gasteiger partial charge in [-0.05, 0) is 6.42 Å². The Hall–Kier alpha value is -1.83. The largest absolute Gasteiger partial charge is 0.480 e. The minimum Gasteiger partial charge on any atom is -0.480 e. The van der Waals surface area contributed by atoms with Crippen molar-refractivity contribution in [3.63, 3.8) is 0 Å². The second-order valence-corrected chi connectivity index (χ2v) is 3.90. The molecule has 17 heavy (non-hydrogen) atoms. The first-order chi connectivity index (χ1) is 7.90. The Balaban J connectivity index is 2.52. The average Bonchev–Trinajstić information content (AvgIpc) is 2.63. The number of aliphatic hydroxyl groups excluding tert-OH is 1. The van der Waals surface area contributed by atoms with Crippen molar-refractivity contribution in [1.82, 2.24) is 10.2 Å². The predicted octanol–water partition coefficient (Wildman–Crippen LogP) is -1.91. The summed E-state index contributed by atoms with van der Waals surface area (Å²) < 4.78 is 0. The average molecular weight is 245 g/mol. The Morgan fingerprint density at radius 2 is 2.12 bits per heavy atom. The van der Waals surface area contributed by atoms with E-state index in [2.05, 4.69) is 5.32 Å². The summed E-state index contributed by atoms with van der Waals surface area (Å²) in [5.74, 6) is -2.13. The van der Waals surface area contributed by atoms with Crippen molar-refractivity contribution in [3.8, 4) is 0 Å². The number of amides is 3. The highest BCUT2D eigenvalue weighted by atomic mass is 16.4. The van der Waals surface area contributed by atoms with Crippen LogP contribution in [0.1, 0.15) is 12.8 Å². The molecule has 0 saturated carbocycles. The highest BCUT2D eigenvalue weighted by molar-refractivity contribution is 5.87. The number of nitrogens with one attached hydrogen (secondary N) is 1. The monoisotopic (exact) mass is 245 g/mol. The summed E-state index contributed by atoms with van der Waals surface area (Å²) in [6.07, 6.45) is -0.585. The fourth-order valence-corrected chi connectivity index (χ4v) is 1.57. The van der Waals surface area contributed by atoms with Gasteiger partial charge in [0.15, 0.2) is 0 Å². The molecule has 96 valence electrons. The second kappa shape index (κ2) is 5.48. The number of β-amino-alcohol motifs (C(OH)–C–C–N with tert-alkyl or cyclic N) is 1. The summed E-state index contributed by atoms with van der Waals surface area (Å²) in [5, 5.41) is 20.2. The van der Waals surface area contributed by atoms with E-state index in [4.69, 9.17) is 10.8 Å². The zero-order chi connectivity index (χ0) is 13.0. The predicted molar refractivity (Wildman–Crippen MR) is 56.0 cm³/mol. The van der Waals surface area contributed by atoms with Crippen LogP contribution in [0, 0.1) is 0 Å². The van der Waals surface area contributed by atoms with Crippen LogP contribution in [0.5, 0.6) is 0 Å². The van der Waals surface area contributed by atoms with Gasteiger partial charge in [-0.1, -0.05) is 0 Å². The molecule has 0 aromatic carbocycles.